The normalized spacial score (nSPS) is 19.9. The lowest BCUT2D eigenvalue weighted by Gasteiger charge is -2.34. The molecule has 1 saturated carbocycles. The molecule has 2 heterocycles. The van der Waals surface area contributed by atoms with Crippen molar-refractivity contribution in [3.8, 4) is 0 Å². The van der Waals surface area contributed by atoms with E-state index in [1.54, 1.807) is 25.1 Å². The number of aryl methyl sites for hydroxylation is 1. The molecule has 2 aromatic rings. The Kier molecular flexibility index (Phi) is 6.30. The number of pyridine rings is 1. The second kappa shape index (κ2) is 8.75. The maximum absolute atomic E-state index is 13.6. The fraction of sp³-hybridized carbons (Fsp3) is 0.500. The van der Waals surface area contributed by atoms with Crippen LogP contribution < -0.4 is 10.6 Å². The van der Waals surface area contributed by atoms with Crippen molar-refractivity contribution in [3.63, 3.8) is 0 Å². The number of nitrogens with zero attached hydrogens (tertiary/aromatic N) is 3. The van der Waals surface area contributed by atoms with E-state index in [-0.39, 0.29) is 25.3 Å². The number of rotatable bonds is 6. The van der Waals surface area contributed by atoms with Crippen LogP contribution in [-0.2, 0) is 23.1 Å². The van der Waals surface area contributed by atoms with Crippen LogP contribution in [0.25, 0.3) is 0 Å². The molecule has 1 fully saturated rings. The molecule has 180 valence electrons. The molecular formula is C22H26F4N4O2S. The van der Waals surface area contributed by atoms with Crippen molar-refractivity contribution in [2.45, 2.75) is 57.2 Å². The van der Waals surface area contributed by atoms with Gasteiger partial charge in [0.25, 0.3) is 0 Å². The number of hydrogen-bond donors (Lipinski definition) is 1. The van der Waals surface area contributed by atoms with Crippen LogP contribution in [-0.4, -0.2) is 35.8 Å². The summed E-state index contributed by atoms with van der Waals surface area (Å²) in [4.78, 5) is 6.00. The van der Waals surface area contributed by atoms with Gasteiger partial charge in [-0.1, -0.05) is 25.0 Å². The lowest BCUT2D eigenvalue weighted by atomic mass is 10.0. The molecule has 1 atom stereocenters. The lowest BCUT2D eigenvalue weighted by molar-refractivity contribution is -0.0492. The molecule has 1 aromatic heterocycles. The van der Waals surface area contributed by atoms with Crippen LogP contribution in [0, 0.1) is 18.7 Å². The summed E-state index contributed by atoms with van der Waals surface area (Å²) < 4.78 is 79.6. The molecule has 0 unspecified atom stereocenters. The summed E-state index contributed by atoms with van der Waals surface area (Å²) in [6.07, 6.45) is 4.48. The highest BCUT2D eigenvalue weighted by molar-refractivity contribution is 7.89. The monoisotopic (exact) mass is 486 g/mol. The van der Waals surface area contributed by atoms with Crippen molar-refractivity contribution in [2.75, 3.05) is 17.2 Å². The Bertz CT molecular complexity index is 1140. The molecule has 11 heteroatoms. The van der Waals surface area contributed by atoms with Crippen LogP contribution in [0.4, 0.5) is 28.9 Å². The molecule has 6 nitrogen and oxygen atoms in total. The Balaban J connectivity index is 1.78. The third kappa shape index (κ3) is 4.93. The maximum atomic E-state index is 13.6. The van der Waals surface area contributed by atoms with Gasteiger partial charge in [0.05, 0.1) is 24.1 Å². The van der Waals surface area contributed by atoms with Crippen molar-refractivity contribution in [1.29, 1.82) is 0 Å². The number of anilines is 2. The minimum atomic E-state index is -5.53. The molecule has 0 radical (unpaired) electrons. The van der Waals surface area contributed by atoms with Gasteiger partial charge in [0, 0.05) is 24.8 Å². The van der Waals surface area contributed by atoms with Crippen molar-refractivity contribution in [3.05, 3.63) is 53.1 Å². The molecule has 0 amide bonds. The highest BCUT2D eigenvalue weighted by atomic mass is 32.2. The summed E-state index contributed by atoms with van der Waals surface area (Å²) in [5.41, 5.74) is 2.53. The summed E-state index contributed by atoms with van der Waals surface area (Å²) in [5.74, 6) is -0.141. The zero-order chi connectivity index (χ0) is 24.0. The molecule has 2 aliphatic rings. The third-order valence-corrected chi connectivity index (χ3v) is 7.94. The maximum Gasteiger partial charge on any atom is 0.511 e. The number of aromatic nitrogens is 1. The highest BCUT2D eigenvalue weighted by Gasteiger charge is 2.51. The number of fused-ring (bicyclic) bond motifs is 1. The topological polar surface area (TPSA) is 79.5 Å². The van der Waals surface area contributed by atoms with Gasteiger partial charge in [-0.05, 0) is 48.9 Å². The summed E-state index contributed by atoms with van der Waals surface area (Å²) in [6, 6.07) is 6.20. The van der Waals surface area contributed by atoms with Gasteiger partial charge in [0.15, 0.2) is 5.82 Å². The second-order valence-electron chi connectivity index (χ2n) is 8.82. The van der Waals surface area contributed by atoms with Crippen LogP contribution >= 0.6 is 0 Å². The van der Waals surface area contributed by atoms with Crippen molar-refractivity contribution < 1.29 is 26.0 Å². The van der Waals surface area contributed by atoms with E-state index in [0.717, 1.165) is 25.5 Å². The van der Waals surface area contributed by atoms with Gasteiger partial charge in [0.1, 0.15) is 0 Å². The number of nitrogen functional groups attached to an aromatic ring is 1. The summed E-state index contributed by atoms with van der Waals surface area (Å²) >= 11 is 0. The zero-order valence-electron chi connectivity index (χ0n) is 18.1. The number of hydrogen-bond acceptors (Lipinski definition) is 5. The fourth-order valence-electron chi connectivity index (χ4n) is 4.32. The average molecular weight is 487 g/mol. The second-order valence-corrected chi connectivity index (χ2v) is 10.7. The molecule has 1 aromatic carbocycles. The first kappa shape index (κ1) is 23.7. The van der Waals surface area contributed by atoms with Crippen LogP contribution in [0.1, 0.15) is 42.5 Å². The first-order chi connectivity index (χ1) is 15.5. The summed E-state index contributed by atoms with van der Waals surface area (Å²) in [7, 11) is -5.53. The van der Waals surface area contributed by atoms with E-state index in [1.165, 1.54) is 6.07 Å². The van der Waals surface area contributed by atoms with Gasteiger partial charge in [0.2, 0.25) is 0 Å². The molecule has 1 aliphatic heterocycles. The van der Waals surface area contributed by atoms with E-state index in [1.807, 2.05) is 4.90 Å². The molecule has 0 spiro atoms. The van der Waals surface area contributed by atoms with Crippen LogP contribution in [0.15, 0.2) is 30.5 Å². The van der Waals surface area contributed by atoms with Gasteiger partial charge in [-0.15, -0.1) is 0 Å². The molecule has 4 rings (SSSR count). The smallest absolute Gasteiger partial charge is 0.396 e. The summed E-state index contributed by atoms with van der Waals surface area (Å²) in [5, 5.41) is 0. The Morgan fingerprint density at radius 1 is 1.21 bits per heavy atom. The predicted octanol–water partition coefficient (Wildman–Crippen LogP) is 4.34. The van der Waals surface area contributed by atoms with Gasteiger partial charge < -0.3 is 10.6 Å². The number of nitrogens with two attached hydrogens (primary N) is 1. The van der Waals surface area contributed by atoms with E-state index < -0.39 is 27.4 Å². The molecule has 0 saturated heterocycles. The van der Waals surface area contributed by atoms with Crippen molar-refractivity contribution in [1.82, 2.24) is 9.29 Å². The van der Waals surface area contributed by atoms with Gasteiger partial charge >= 0.3 is 15.5 Å². The average Bonchev–Trinajstić information content (AvgIpc) is 3.56. The Morgan fingerprint density at radius 2 is 1.94 bits per heavy atom. The Morgan fingerprint density at radius 3 is 2.58 bits per heavy atom. The van der Waals surface area contributed by atoms with E-state index in [4.69, 9.17) is 5.73 Å². The fourth-order valence-corrected chi connectivity index (χ4v) is 5.28. The van der Waals surface area contributed by atoms with Crippen molar-refractivity contribution >= 4 is 21.4 Å². The largest absolute Gasteiger partial charge is 0.511 e. The standard InChI is InChI=1S/C22H26F4N4O2S/c1-14-3-2-4-21-18(14)13-29(33(31,32)22(24,25)26)12-17(8-7-15-5-6-15)30(21)11-16-9-20(27)19(23)10-28-16/h2-4,9-10,15,17H,5-8,11-13H2,1H3,(H2,27,28)/t17-/m0/s1. The molecule has 33 heavy (non-hydrogen) atoms. The molecule has 0 bridgehead atoms. The number of sulfonamides is 1. The Labute approximate surface area is 190 Å². The van der Waals surface area contributed by atoms with E-state index >= 15 is 0 Å². The van der Waals surface area contributed by atoms with Gasteiger partial charge in [-0.25, -0.2) is 12.8 Å². The minimum absolute atomic E-state index is 0.0740. The minimum Gasteiger partial charge on any atom is -0.396 e. The van der Waals surface area contributed by atoms with Gasteiger partial charge in [-0.2, -0.15) is 17.5 Å². The van der Waals surface area contributed by atoms with E-state index in [0.29, 0.717) is 39.2 Å². The van der Waals surface area contributed by atoms with Crippen LogP contribution in [0.2, 0.25) is 0 Å². The number of halogens is 4. The van der Waals surface area contributed by atoms with Crippen LogP contribution in [0.3, 0.4) is 0 Å². The first-order valence-electron chi connectivity index (χ1n) is 10.8. The number of benzene rings is 1. The van der Waals surface area contributed by atoms with Gasteiger partial charge in [-0.3, -0.25) is 4.98 Å². The van der Waals surface area contributed by atoms with E-state index in [2.05, 4.69) is 4.98 Å². The van der Waals surface area contributed by atoms with Crippen molar-refractivity contribution in [2.24, 2.45) is 5.92 Å². The molecule has 1 aliphatic carbocycles. The lowest BCUT2D eigenvalue weighted by Crippen LogP contribution is -2.47. The zero-order valence-corrected chi connectivity index (χ0v) is 19.0. The molecule has 2 N–H and O–H groups in total. The Hall–Kier alpha value is -2.40. The quantitative estimate of drug-likeness (QED) is 0.615. The molecular weight excluding hydrogens is 460 g/mol. The van der Waals surface area contributed by atoms with Crippen LogP contribution in [0.5, 0.6) is 0 Å². The first-order valence-corrected chi connectivity index (χ1v) is 12.2. The third-order valence-electron chi connectivity index (χ3n) is 6.40. The highest BCUT2D eigenvalue weighted by Crippen LogP contribution is 2.39. The van der Waals surface area contributed by atoms with E-state index in [9.17, 15) is 26.0 Å². The SMILES string of the molecule is Cc1cccc2c1CN(S(=O)(=O)C(F)(F)F)C[C@H](CCC1CC1)N2Cc1cc(N)c(F)cn1. The summed E-state index contributed by atoms with van der Waals surface area (Å²) in [6.45, 7) is 1.23. The predicted molar refractivity (Wildman–Crippen MR) is 117 cm³/mol. The number of alkyl halides is 3.